The minimum absolute atomic E-state index is 0.0410. The lowest BCUT2D eigenvalue weighted by atomic mass is 9.97. The molecule has 0 heterocycles. The largest absolute Gasteiger partial charge is 0.483 e. The van der Waals surface area contributed by atoms with Gasteiger partial charge in [-0.1, -0.05) is 48.5 Å². The third-order valence-corrected chi connectivity index (χ3v) is 4.31. The Morgan fingerprint density at radius 2 is 1.41 bits per heavy atom. The van der Waals surface area contributed by atoms with Crippen LogP contribution in [0.15, 0.2) is 78.9 Å². The Labute approximate surface area is 166 Å². The second kappa shape index (κ2) is 7.99. The third kappa shape index (κ3) is 4.96. The molecule has 0 saturated heterocycles. The molecule has 0 N–H and O–H groups in total. The molecule has 0 atom stereocenters. The Morgan fingerprint density at radius 3 is 2.00 bits per heavy atom. The van der Waals surface area contributed by atoms with Crippen LogP contribution in [-0.2, 0) is 11.8 Å². The van der Waals surface area contributed by atoms with Gasteiger partial charge in [-0.15, -0.1) is 0 Å². The summed E-state index contributed by atoms with van der Waals surface area (Å²) in [6.07, 6.45) is -4.63. The topological polar surface area (TPSA) is 35.5 Å². The number of carbonyl (C=O) groups excluding carboxylic acids is 1. The van der Waals surface area contributed by atoms with Crippen molar-refractivity contribution < 1.29 is 27.4 Å². The number of esters is 1. The van der Waals surface area contributed by atoms with Crippen molar-refractivity contribution in [2.45, 2.75) is 25.6 Å². The van der Waals surface area contributed by atoms with Gasteiger partial charge in [0.1, 0.15) is 17.1 Å². The smallest absolute Gasteiger partial charge is 0.419 e. The van der Waals surface area contributed by atoms with Crippen LogP contribution in [0.3, 0.4) is 0 Å². The molecule has 0 spiro atoms. The predicted octanol–water partition coefficient (Wildman–Crippen LogP) is 6.24. The highest BCUT2D eigenvalue weighted by atomic mass is 19.4. The number of hydrogen-bond acceptors (Lipinski definition) is 3. The van der Waals surface area contributed by atoms with Crippen LogP contribution in [0, 0.1) is 0 Å². The van der Waals surface area contributed by atoms with Crippen LogP contribution in [0.2, 0.25) is 0 Å². The summed E-state index contributed by atoms with van der Waals surface area (Å²) in [5, 5.41) is 0. The van der Waals surface area contributed by atoms with E-state index in [2.05, 4.69) is 0 Å². The van der Waals surface area contributed by atoms with Gasteiger partial charge in [-0.3, -0.25) is 0 Å². The van der Waals surface area contributed by atoms with Crippen LogP contribution in [0.5, 0.6) is 11.5 Å². The summed E-state index contributed by atoms with van der Waals surface area (Å²) in [6, 6.07) is 20.2. The molecule has 150 valence electrons. The van der Waals surface area contributed by atoms with Crippen molar-refractivity contribution >= 4 is 5.97 Å². The lowest BCUT2D eigenvalue weighted by Gasteiger charge is -2.29. The highest BCUT2D eigenvalue weighted by Gasteiger charge is 2.37. The average Bonchev–Trinajstić information content (AvgIpc) is 2.68. The van der Waals surface area contributed by atoms with E-state index < -0.39 is 29.1 Å². The highest BCUT2D eigenvalue weighted by Crippen LogP contribution is 2.40. The summed E-state index contributed by atoms with van der Waals surface area (Å²) in [5.74, 6) is -0.911. The first-order valence-corrected chi connectivity index (χ1v) is 8.90. The monoisotopic (exact) mass is 400 g/mol. The first-order chi connectivity index (χ1) is 13.7. The molecule has 0 bridgehead atoms. The Bertz CT molecular complexity index is 981. The summed E-state index contributed by atoms with van der Waals surface area (Å²) in [5.41, 5.74) is -1.35. The van der Waals surface area contributed by atoms with Crippen molar-refractivity contribution in [1.82, 2.24) is 0 Å². The molecule has 0 radical (unpaired) electrons. The summed E-state index contributed by atoms with van der Waals surface area (Å²) >= 11 is 0. The first kappa shape index (κ1) is 20.5. The van der Waals surface area contributed by atoms with E-state index in [4.69, 9.17) is 9.47 Å². The van der Waals surface area contributed by atoms with E-state index >= 15 is 0 Å². The van der Waals surface area contributed by atoms with Crippen molar-refractivity contribution in [3.8, 4) is 11.5 Å². The van der Waals surface area contributed by atoms with Crippen molar-refractivity contribution in [1.29, 1.82) is 0 Å². The normalized spacial score (nSPS) is 11.8. The molecule has 0 saturated carbocycles. The Kier molecular flexibility index (Phi) is 5.64. The van der Waals surface area contributed by atoms with Crippen LogP contribution in [0.25, 0.3) is 0 Å². The Hall–Kier alpha value is -3.28. The predicted molar refractivity (Wildman–Crippen MR) is 103 cm³/mol. The van der Waals surface area contributed by atoms with Gasteiger partial charge in [0.25, 0.3) is 0 Å². The van der Waals surface area contributed by atoms with Gasteiger partial charge in [0.15, 0.2) is 0 Å². The number of ether oxygens (including phenoxy) is 2. The maximum absolute atomic E-state index is 13.5. The van der Waals surface area contributed by atoms with E-state index in [0.29, 0.717) is 11.3 Å². The molecular formula is C23H19F3O3. The van der Waals surface area contributed by atoms with Gasteiger partial charge in [-0.05, 0) is 49.7 Å². The zero-order valence-electron chi connectivity index (χ0n) is 15.9. The molecule has 3 nitrogen and oxygen atoms in total. The van der Waals surface area contributed by atoms with Crippen LogP contribution in [0.1, 0.15) is 35.3 Å². The van der Waals surface area contributed by atoms with Crippen LogP contribution in [-0.4, -0.2) is 5.97 Å². The van der Waals surface area contributed by atoms with Crippen molar-refractivity contribution in [3.05, 3.63) is 95.6 Å². The number of alkyl halides is 3. The van der Waals surface area contributed by atoms with Gasteiger partial charge in [0.05, 0.1) is 11.1 Å². The van der Waals surface area contributed by atoms with E-state index in [1.165, 1.54) is 0 Å². The van der Waals surface area contributed by atoms with Gasteiger partial charge >= 0.3 is 12.1 Å². The molecule has 0 aliphatic heterocycles. The summed E-state index contributed by atoms with van der Waals surface area (Å²) < 4.78 is 51.5. The van der Waals surface area contributed by atoms with E-state index in [0.717, 1.165) is 18.2 Å². The second-order valence-electron chi connectivity index (χ2n) is 6.89. The van der Waals surface area contributed by atoms with Gasteiger partial charge in [0, 0.05) is 0 Å². The number of rotatable bonds is 5. The third-order valence-electron chi connectivity index (χ3n) is 4.31. The fourth-order valence-electron chi connectivity index (χ4n) is 2.80. The standard InChI is InChI=1S/C23H19F3O3/c1-22(2,17-9-5-3-6-10-17)29-20-15-16(13-14-19(20)23(24,25)26)21(27)28-18-11-7-4-8-12-18/h3-15H,1-2H3. The fraction of sp³-hybridized carbons (Fsp3) is 0.174. The van der Waals surface area contributed by atoms with Gasteiger partial charge < -0.3 is 9.47 Å². The van der Waals surface area contributed by atoms with E-state index in [1.54, 1.807) is 74.5 Å². The molecule has 0 unspecified atom stereocenters. The van der Waals surface area contributed by atoms with E-state index in [1.807, 2.05) is 0 Å². The SMILES string of the molecule is CC(C)(Oc1cc(C(=O)Oc2ccccc2)ccc1C(F)(F)F)c1ccccc1. The Morgan fingerprint density at radius 1 is 0.828 bits per heavy atom. The van der Waals surface area contributed by atoms with Crippen LogP contribution in [0.4, 0.5) is 13.2 Å². The lowest BCUT2D eigenvalue weighted by Crippen LogP contribution is -2.27. The zero-order valence-corrected chi connectivity index (χ0v) is 15.9. The quantitative estimate of drug-likeness (QED) is 0.376. The molecule has 29 heavy (non-hydrogen) atoms. The first-order valence-electron chi connectivity index (χ1n) is 8.90. The fourth-order valence-corrected chi connectivity index (χ4v) is 2.80. The van der Waals surface area contributed by atoms with Crippen LogP contribution >= 0.6 is 0 Å². The maximum Gasteiger partial charge on any atom is 0.419 e. The van der Waals surface area contributed by atoms with Gasteiger partial charge in [0.2, 0.25) is 0 Å². The molecule has 6 heteroatoms. The van der Waals surface area contributed by atoms with Crippen LogP contribution < -0.4 is 9.47 Å². The van der Waals surface area contributed by atoms with E-state index in [-0.39, 0.29) is 5.56 Å². The minimum atomic E-state index is -4.63. The zero-order chi connectivity index (χ0) is 21.1. The number of carbonyl (C=O) groups is 1. The molecule has 3 aromatic rings. The Balaban J connectivity index is 1.95. The molecule has 0 aliphatic rings. The molecule has 0 aliphatic carbocycles. The highest BCUT2D eigenvalue weighted by molar-refractivity contribution is 5.91. The van der Waals surface area contributed by atoms with E-state index in [9.17, 15) is 18.0 Å². The molecular weight excluding hydrogens is 381 g/mol. The van der Waals surface area contributed by atoms with Crippen molar-refractivity contribution in [2.24, 2.45) is 0 Å². The number of hydrogen-bond donors (Lipinski definition) is 0. The second-order valence-corrected chi connectivity index (χ2v) is 6.89. The summed E-state index contributed by atoms with van der Waals surface area (Å²) in [4.78, 5) is 12.4. The lowest BCUT2D eigenvalue weighted by molar-refractivity contribution is -0.139. The molecule has 3 rings (SSSR count). The van der Waals surface area contributed by atoms with Crippen molar-refractivity contribution in [3.63, 3.8) is 0 Å². The van der Waals surface area contributed by atoms with Gasteiger partial charge in [-0.2, -0.15) is 13.2 Å². The molecule has 0 amide bonds. The number of para-hydroxylation sites is 1. The van der Waals surface area contributed by atoms with Crippen molar-refractivity contribution in [2.75, 3.05) is 0 Å². The number of halogens is 3. The summed E-state index contributed by atoms with van der Waals surface area (Å²) in [7, 11) is 0. The van der Waals surface area contributed by atoms with Gasteiger partial charge in [-0.25, -0.2) is 4.79 Å². The molecule has 0 fully saturated rings. The molecule has 3 aromatic carbocycles. The molecule has 0 aromatic heterocycles. The minimum Gasteiger partial charge on any atom is -0.483 e. The average molecular weight is 400 g/mol. The maximum atomic E-state index is 13.5. The number of benzene rings is 3. The summed E-state index contributed by atoms with van der Waals surface area (Å²) in [6.45, 7) is 3.33.